The van der Waals surface area contributed by atoms with Gasteiger partial charge in [-0.2, -0.15) is 0 Å². The van der Waals surface area contributed by atoms with Crippen LogP contribution in [0.5, 0.6) is 5.75 Å². The first-order valence-electron chi connectivity index (χ1n) is 6.53. The Kier molecular flexibility index (Phi) is 2.82. The normalized spacial score (nSPS) is 17.8. The summed E-state index contributed by atoms with van der Waals surface area (Å²) in [5, 5.41) is 0. The third-order valence-electron chi connectivity index (χ3n) is 3.58. The van der Waals surface area contributed by atoms with E-state index in [2.05, 4.69) is 34.7 Å². The van der Waals surface area contributed by atoms with Crippen molar-refractivity contribution in [3.63, 3.8) is 0 Å². The van der Waals surface area contributed by atoms with Crippen LogP contribution in [-0.4, -0.2) is 16.2 Å². The van der Waals surface area contributed by atoms with Gasteiger partial charge in [-0.1, -0.05) is 12.1 Å². The van der Waals surface area contributed by atoms with Crippen molar-refractivity contribution in [1.82, 2.24) is 9.55 Å². The van der Waals surface area contributed by atoms with Crippen LogP contribution < -0.4 is 4.74 Å². The van der Waals surface area contributed by atoms with Crippen LogP contribution in [0.1, 0.15) is 36.2 Å². The summed E-state index contributed by atoms with van der Waals surface area (Å²) < 4.78 is 8.06. The molecule has 0 saturated heterocycles. The van der Waals surface area contributed by atoms with Crippen molar-refractivity contribution in [1.29, 1.82) is 0 Å². The summed E-state index contributed by atoms with van der Waals surface area (Å²) in [6.07, 6.45) is 6.14. The molecule has 3 rings (SSSR count). The summed E-state index contributed by atoms with van der Waals surface area (Å²) in [7, 11) is 0. The van der Waals surface area contributed by atoms with E-state index in [-0.39, 0.29) is 0 Å². The fourth-order valence-electron chi connectivity index (χ4n) is 2.73. The van der Waals surface area contributed by atoms with Crippen molar-refractivity contribution < 1.29 is 4.74 Å². The summed E-state index contributed by atoms with van der Waals surface area (Å²) in [4.78, 5) is 4.23. The third-order valence-corrected chi connectivity index (χ3v) is 3.58. The van der Waals surface area contributed by atoms with E-state index in [0.29, 0.717) is 12.6 Å². The smallest absolute Gasteiger partial charge is 0.124 e. The lowest BCUT2D eigenvalue weighted by atomic mass is 10.0. The second-order valence-corrected chi connectivity index (χ2v) is 4.82. The van der Waals surface area contributed by atoms with Crippen LogP contribution in [0, 0.1) is 6.92 Å². The van der Waals surface area contributed by atoms with Gasteiger partial charge < -0.3 is 9.30 Å². The molecule has 0 bridgehead atoms. The highest BCUT2D eigenvalue weighted by Crippen LogP contribution is 2.36. The summed E-state index contributed by atoms with van der Waals surface area (Å²) in [5.74, 6) is 1.02. The van der Waals surface area contributed by atoms with Crippen LogP contribution in [0.3, 0.4) is 0 Å². The Morgan fingerprint density at radius 3 is 3.17 bits per heavy atom. The second-order valence-electron chi connectivity index (χ2n) is 4.82. The van der Waals surface area contributed by atoms with Crippen LogP contribution >= 0.6 is 0 Å². The Morgan fingerprint density at radius 2 is 2.33 bits per heavy atom. The van der Waals surface area contributed by atoms with Crippen LogP contribution in [-0.2, 0) is 6.42 Å². The van der Waals surface area contributed by atoms with E-state index in [1.54, 1.807) is 0 Å². The van der Waals surface area contributed by atoms with Crippen molar-refractivity contribution in [2.45, 2.75) is 32.7 Å². The molecule has 0 aliphatic carbocycles. The fourth-order valence-corrected chi connectivity index (χ4v) is 2.73. The van der Waals surface area contributed by atoms with Crippen molar-refractivity contribution in [2.75, 3.05) is 6.61 Å². The van der Waals surface area contributed by atoms with Gasteiger partial charge in [0.1, 0.15) is 5.75 Å². The van der Waals surface area contributed by atoms with Gasteiger partial charge in [-0.25, -0.2) is 4.98 Å². The molecule has 2 heterocycles. The standard InChI is InChI=1S/C15H18N2O/c1-3-18-15-8-11(2)4-6-13(15)14-7-5-12-9-16-10-17(12)14/h4,6,8-10,14H,3,5,7H2,1-2H3. The number of aromatic nitrogens is 2. The van der Waals surface area contributed by atoms with Crippen molar-refractivity contribution >= 4 is 0 Å². The predicted octanol–water partition coefficient (Wildman–Crippen LogP) is 3.13. The number of fused-ring (bicyclic) bond motifs is 1. The van der Waals surface area contributed by atoms with Gasteiger partial charge in [0.15, 0.2) is 0 Å². The van der Waals surface area contributed by atoms with E-state index in [1.807, 2.05) is 19.4 Å². The van der Waals surface area contributed by atoms with Gasteiger partial charge in [-0.15, -0.1) is 0 Å². The van der Waals surface area contributed by atoms with Gasteiger partial charge in [0.05, 0.1) is 19.0 Å². The molecular formula is C15H18N2O. The zero-order valence-electron chi connectivity index (χ0n) is 10.9. The third kappa shape index (κ3) is 1.80. The first kappa shape index (κ1) is 11.3. The van der Waals surface area contributed by atoms with Crippen molar-refractivity contribution in [2.24, 2.45) is 0 Å². The van der Waals surface area contributed by atoms with Gasteiger partial charge in [0.2, 0.25) is 0 Å². The zero-order chi connectivity index (χ0) is 12.5. The lowest BCUT2D eigenvalue weighted by Gasteiger charge is -2.18. The molecule has 0 saturated carbocycles. The Hall–Kier alpha value is -1.77. The van der Waals surface area contributed by atoms with Gasteiger partial charge >= 0.3 is 0 Å². The zero-order valence-corrected chi connectivity index (χ0v) is 10.9. The number of rotatable bonds is 3. The predicted molar refractivity (Wildman–Crippen MR) is 71.0 cm³/mol. The maximum Gasteiger partial charge on any atom is 0.124 e. The number of imidazole rings is 1. The molecule has 1 aliphatic heterocycles. The number of nitrogens with zero attached hydrogens (tertiary/aromatic N) is 2. The van der Waals surface area contributed by atoms with E-state index < -0.39 is 0 Å². The first-order valence-corrected chi connectivity index (χ1v) is 6.53. The molecule has 3 heteroatoms. The Labute approximate surface area is 107 Å². The van der Waals surface area contributed by atoms with Crippen LogP contribution in [0.2, 0.25) is 0 Å². The minimum absolute atomic E-state index is 0.379. The maximum absolute atomic E-state index is 5.79. The molecule has 3 nitrogen and oxygen atoms in total. The molecule has 0 fully saturated rings. The molecule has 1 unspecified atom stereocenters. The number of aryl methyl sites for hydroxylation is 2. The van der Waals surface area contributed by atoms with Crippen molar-refractivity contribution in [3.8, 4) is 5.75 Å². The van der Waals surface area contributed by atoms with Gasteiger partial charge in [-0.05, 0) is 38.3 Å². The average Bonchev–Trinajstić information content (AvgIpc) is 2.93. The quantitative estimate of drug-likeness (QED) is 0.826. The van der Waals surface area contributed by atoms with Crippen LogP contribution in [0.4, 0.5) is 0 Å². The molecule has 0 amide bonds. The summed E-state index contributed by atoms with van der Waals surface area (Å²) >= 11 is 0. The topological polar surface area (TPSA) is 27.1 Å². The average molecular weight is 242 g/mol. The fraction of sp³-hybridized carbons (Fsp3) is 0.400. The van der Waals surface area contributed by atoms with Gasteiger partial charge in [0.25, 0.3) is 0 Å². The SMILES string of the molecule is CCOc1cc(C)ccc1C1CCc2cncn21. The number of hydrogen-bond donors (Lipinski definition) is 0. The van der Waals surface area contributed by atoms with Crippen LogP contribution in [0.15, 0.2) is 30.7 Å². The second kappa shape index (κ2) is 4.48. The van der Waals surface area contributed by atoms with E-state index in [9.17, 15) is 0 Å². The lowest BCUT2D eigenvalue weighted by molar-refractivity contribution is 0.332. The minimum Gasteiger partial charge on any atom is -0.494 e. The van der Waals surface area contributed by atoms with E-state index in [1.165, 1.54) is 16.8 Å². The molecule has 18 heavy (non-hydrogen) atoms. The van der Waals surface area contributed by atoms with Crippen LogP contribution in [0.25, 0.3) is 0 Å². The Bertz CT molecular complexity index is 559. The molecule has 1 aliphatic rings. The largest absolute Gasteiger partial charge is 0.494 e. The molecule has 2 aromatic rings. The molecule has 1 atom stereocenters. The molecule has 94 valence electrons. The molecule has 1 aromatic heterocycles. The van der Waals surface area contributed by atoms with Gasteiger partial charge in [0, 0.05) is 17.5 Å². The van der Waals surface area contributed by atoms with E-state index in [0.717, 1.165) is 18.6 Å². The molecule has 0 spiro atoms. The number of benzene rings is 1. The number of ether oxygens (including phenoxy) is 1. The lowest BCUT2D eigenvalue weighted by Crippen LogP contribution is -2.07. The summed E-state index contributed by atoms with van der Waals surface area (Å²) in [6, 6.07) is 6.87. The Balaban J connectivity index is 2.02. The summed E-state index contributed by atoms with van der Waals surface area (Å²) in [5.41, 5.74) is 3.84. The van der Waals surface area contributed by atoms with Gasteiger partial charge in [-0.3, -0.25) is 0 Å². The maximum atomic E-state index is 5.79. The highest BCUT2D eigenvalue weighted by Gasteiger charge is 2.25. The molecular weight excluding hydrogens is 224 g/mol. The number of hydrogen-bond acceptors (Lipinski definition) is 2. The molecule has 1 aromatic carbocycles. The Morgan fingerprint density at radius 1 is 1.44 bits per heavy atom. The minimum atomic E-state index is 0.379. The summed E-state index contributed by atoms with van der Waals surface area (Å²) in [6.45, 7) is 4.84. The van der Waals surface area contributed by atoms with Crippen molar-refractivity contribution in [3.05, 3.63) is 47.5 Å². The first-order chi connectivity index (χ1) is 8.79. The van der Waals surface area contributed by atoms with E-state index in [4.69, 9.17) is 4.74 Å². The highest BCUT2D eigenvalue weighted by molar-refractivity contribution is 5.40. The molecule has 0 radical (unpaired) electrons. The highest BCUT2D eigenvalue weighted by atomic mass is 16.5. The monoisotopic (exact) mass is 242 g/mol. The van der Waals surface area contributed by atoms with E-state index >= 15 is 0 Å². The molecule has 0 N–H and O–H groups in total.